The second-order valence-electron chi connectivity index (χ2n) is 10.8. The molecule has 4 heterocycles. The fourth-order valence-electron chi connectivity index (χ4n) is 5.74. The van der Waals surface area contributed by atoms with Crippen molar-refractivity contribution in [2.45, 2.75) is 32.4 Å². The summed E-state index contributed by atoms with van der Waals surface area (Å²) >= 11 is 0. The molecule has 1 fully saturated rings. The van der Waals surface area contributed by atoms with Gasteiger partial charge in [0.15, 0.2) is 11.5 Å². The molecule has 3 aliphatic heterocycles. The average Bonchev–Trinajstić information content (AvgIpc) is 3.57. The quantitative estimate of drug-likeness (QED) is 0.341. The van der Waals surface area contributed by atoms with Crippen molar-refractivity contribution in [1.82, 2.24) is 14.5 Å². The molecule has 1 aromatic heterocycles. The topological polar surface area (TPSA) is 121 Å². The third kappa shape index (κ3) is 5.08. The molecule has 10 nitrogen and oxygen atoms in total. The first-order chi connectivity index (χ1) is 19.8. The second kappa shape index (κ2) is 10.8. The number of imidazole rings is 1. The number of guanidine groups is 1. The molecule has 0 aliphatic carbocycles. The summed E-state index contributed by atoms with van der Waals surface area (Å²) in [6.45, 7) is 8.78. The number of carbonyl (C=O) groups excluding carboxylic acids is 1. The number of amides is 1. The van der Waals surface area contributed by atoms with Gasteiger partial charge in [-0.2, -0.15) is 4.98 Å². The Labute approximate surface area is 238 Å². The van der Waals surface area contributed by atoms with Gasteiger partial charge in [-0.1, -0.05) is 36.9 Å². The summed E-state index contributed by atoms with van der Waals surface area (Å²) in [5, 5.41) is 0. The molecule has 212 valence electrons. The molecule has 41 heavy (non-hydrogen) atoms. The highest BCUT2D eigenvalue weighted by atomic mass is 19.1. The number of carbonyl (C=O) groups is 1. The van der Waals surface area contributed by atoms with Crippen molar-refractivity contribution in [2.75, 3.05) is 42.5 Å². The number of para-hydroxylation sites is 1. The van der Waals surface area contributed by atoms with E-state index in [9.17, 15) is 9.18 Å². The van der Waals surface area contributed by atoms with E-state index in [0.29, 0.717) is 48.7 Å². The third-order valence-electron chi connectivity index (χ3n) is 7.61. The van der Waals surface area contributed by atoms with Gasteiger partial charge in [0.2, 0.25) is 11.9 Å². The number of hydrogen-bond acceptors (Lipinski definition) is 7. The lowest BCUT2D eigenvalue weighted by Crippen LogP contribution is -2.53. The smallest absolute Gasteiger partial charge is 0.281 e. The number of benzene rings is 2. The van der Waals surface area contributed by atoms with E-state index < -0.39 is 0 Å². The van der Waals surface area contributed by atoms with Gasteiger partial charge in [-0.25, -0.2) is 9.38 Å². The maximum atomic E-state index is 14.3. The number of aromatic nitrogens is 2. The average molecular weight is 556 g/mol. The molecule has 1 amide bonds. The first kappa shape index (κ1) is 26.7. The maximum Gasteiger partial charge on any atom is 0.281 e. The SMILES string of the molecule is C=C(C)c1ccccc1/N=C(\N)CN1C(=O)c2c(nc(N3CCC[C@@H](N)C3)n2Cc2cccc(F)c2)N2CCN=C12. The Morgan fingerprint density at radius 1 is 1.20 bits per heavy atom. The van der Waals surface area contributed by atoms with Crippen LogP contribution in [0.3, 0.4) is 0 Å². The van der Waals surface area contributed by atoms with E-state index in [1.807, 2.05) is 46.7 Å². The fraction of sp³-hybridized carbons (Fsp3) is 0.333. The number of amidine groups is 1. The van der Waals surface area contributed by atoms with Gasteiger partial charge in [0, 0.05) is 31.2 Å². The van der Waals surface area contributed by atoms with Gasteiger partial charge in [0.05, 0.1) is 25.3 Å². The number of allylic oxidation sites excluding steroid dienone is 1. The minimum Gasteiger partial charge on any atom is -0.386 e. The van der Waals surface area contributed by atoms with E-state index in [2.05, 4.69) is 21.5 Å². The van der Waals surface area contributed by atoms with E-state index in [1.54, 1.807) is 11.0 Å². The Balaban J connectivity index is 1.41. The van der Waals surface area contributed by atoms with Crippen molar-refractivity contribution >= 4 is 40.7 Å². The van der Waals surface area contributed by atoms with E-state index >= 15 is 0 Å². The molecule has 0 saturated carbocycles. The monoisotopic (exact) mass is 555 g/mol. The lowest BCUT2D eigenvalue weighted by Gasteiger charge is -2.33. The van der Waals surface area contributed by atoms with Gasteiger partial charge in [-0.3, -0.25) is 24.2 Å². The number of halogens is 1. The Morgan fingerprint density at radius 2 is 2.02 bits per heavy atom. The van der Waals surface area contributed by atoms with Crippen molar-refractivity contribution < 1.29 is 9.18 Å². The van der Waals surface area contributed by atoms with Gasteiger partial charge >= 0.3 is 0 Å². The van der Waals surface area contributed by atoms with Crippen molar-refractivity contribution in [3.05, 3.63) is 77.7 Å². The summed E-state index contributed by atoms with van der Waals surface area (Å²) in [7, 11) is 0. The molecular weight excluding hydrogens is 521 g/mol. The summed E-state index contributed by atoms with van der Waals surface area (Å²) in [6.07, 6.45) is 1.86. The number of anilines is 2. The fourth-order valence-corrected chi connectivity index (χ4v) is 5.74. The van der Waals surface area contributed by atoms with Crippen LogP contribution in [0.2, 0.25) is 0 Å². The Bertz CT molecular complexity index is 1580. The summed E-state index contributed by atoms with van der Waals surface area (Å²) in [6, 6.07) is 14.0. The molecular formula is C30H34FN9O. The number of aliphatic imine (C=N–C) groups is 2. The molecule has 1 atom stereocenters. The van der Waals surface area contributed by atoms with Gasteiger partial charge < -0.3 is 16.4 Å². The molecule has 0 bridgehead atoms. The number of nitrogens with zero attached hydrogens (tertiary/aromatic N) is 7. The zero-order chi connectivity index (χ0) is 28.7. The number of hydrogen-bond donors (Lipinski definition) is 2. The van der Waals surface area contributed by atoms with E-state index in [4.69, 9.17) is 16.5 Å². The van der Waals surface area contributed by atoms with Crippen molar-refractivity contribution in [2.24, 2.45) is 21.5 Å². The Morgan fingerprint density at radius 3 is 2.80 bits per heavy atom. The molecule has 3 aromatic rings. The Kier molecular flexibility index (Phi) is 7.04. The number of piperidine rings is 1. The second-order valence-corrected chi connectivity index (χ2v) is 10.8. The van der Waals surface area contributed by atoms with Gasteiger partial charge in [0.1, 0.15) is 11.7 Å². The molecule has 0 spiro atoms. The third-order valence-corrected chi connectivity index (χ3v) is 7.61. The van der Waals surface area contributed by atoms with Gasteiger partial charge in [-0.05, 0) is 49.1 Å². The minimum absolute atomic E-state index is 0.00861. The highest BCUT2D eigenvalue weighted by Crippen LogP contribution is 2.35. The number of rotatable bonds is 7. The maximum absolute atomic E-state index is 14.3. The van der Waals surface area contributed by atoms with Gasteiger partial charge in [-0.15, -0.1) is 0 Å². The van der Waals surface area contributed by atoms with Crippen molar-refractivity contribution in [3.63, 3.8) is 0 Å². The molecule has 6 rings (SSSR count). The predicted octanol–water partition coefficient (Wildman–Crippen LogP) is 3.35. The first-order valence-electron chi connectivity index (χ1n) is 13.9. The minimum atomic E-state index is -0.334. The first-order valence-corrected chi connectivity index (χ1v) is 13.9. The van der Waals surface area contributed by atoms with Crippen LogP contribution >= 0.6 is 0 Å². The molecule has 1 saturated heterocycles. The highest BCUT2D eigenvalue weighted by Gasteiger charge is 2.43. The summed E-state index contributed by atoms with van der Waals surface area (Å²) < 4.78 is 16.1. The van der Waals surface area contributed by atoms with Crippen LogP contribution in [0.15, 0.2) is 65.1 Å². The highest BCUT2D eigenvalue weighted by molar-refractivity contribution is 6.19. The van der Waals surface area contributed by atoms with E-state index in [1.165, 1.54) is 12.1 Å². The molecule has 11 heteroatoms. The van der Waals surface area contributed by atoms with Crippen molar-refractivity contribution in [3.8, 4) is 0 Å². The molecule has 4 N–H and O–H groups in total. The lowest BCUT2D eigenvalue weighted by molar-refractivity contribution is 0.0845. The Hall–Kier alpha value is -4.51. The molecule has 2 aromatic carbocycles. The van der Waals surface area contributed by atoms with Crippen LogP contribution in [0, 0.1) is 5.82 Å². The molecule has 0 radical (unpaired) electrons. The van der Waals surface area contributed by atoms with Gasteiger partial charge in [0.25, 0.3) is 5.91 Å². The summed E-state index contributed by atoms with van der Waals surface area (Å²) in [5.41, 5.74) is 16.4. The molecule has 0 unspecified atom stereocenters. The molecule has 3 aliphatic rings. The zero-order valence-electron chi connectivity index (χ0n) is 23.1. The number of fused-ring (bicyclic) bond motifs is 3. The van der Waals surface area contributed by atoms with Crippen molar-refractivity contribution in [1.29, 1.82) is 0 Å². The van der Waals surface area contributed by atoms with Crippen LogP contribution in [-0.2, 0) is 6.54 Å². The summed E-state index contributed by atoms with van der Waals surface area (Å²) in [4.78, 5) is 34.2. The van der Waals surface area contributed by atoms with Crippen LogP contribution < -0.4 is 21.3 Å². The largest absolute Gasteiger partial charge is 0.386 e. The van der Waals surface area contributed by atoms with E-state index in [0.717, 1.165) is 36.1 Å². The van der Waals surface area contributed by atoms with Crippen LogP contribution in [0.5, 0.6) is 0 Å². The zero-order valence-corrected chi connectivity index (χ0v) is 23.1. The van der Waals surface area contributed by atoms with E-state index in [-0.39, 0.29) is 36.7 Å². The van der Waals surface area contributed by atoms with Crippen LogP contribution in [0.4, 0.5) is 21.8 Å². The van der Waals surface area contributed by atoms with Crippen LogP contribution in [-0.4, -0.2) is 70.9 Å². The van der Waals surface area contributed by atoms with Crippen LogP contribution in [0.25, 0.3) is 5.57 Å². The standard InChI is InChI=1S/C30H34FN9O/c1-19(2)23-10-3-4-11-24(23)35-25(33)18-40-28(41)26-27(38-14-12-34-29(38)40)36-30(37-13-6-9-22(32)17-37)39(26)16-20-7-5-8-21(31)15-20/h3-5,7-8,10-11,15,22H,1,6,9,12-14,16-18,32H2,2H3,(H2,33,35)/t22-/m1/s1. The predicted molar refractivity (Wildman–Crippen MR) is 160 cm³/mol. The van der Waals surface area contributed by atoms with Crippen LogP contribution in [0.1, 0.15) is 41.4 Å². The number of nitrogens with two attached hydrogens (primary N) is 2. The normalized spacial score (nSPS) is 18.9. The lowest BCUT2D eigenvalue weighted by atomic mass is 10.1. The summed E-state index contributed by atoms with van der Waals surface area (Å²) in [5.74, 6) is 1.36.